The van der Waals surface area contributed by atoms with Gasteiger partial charge in [0.25, 0.3) is 0 Å². The van der Waals surface area contributed by atoms with Gasteiger partial charge < -0.3 is 14.9 Å². The molecule has 0 aliphatic carbocycles. The van der Waals surface area contributed by atoms with Crippen LogP contribution in [0.1, 0.15) is 45.4 Å². The van der Waals surface area contributed by atoms with Crippen LogP contribution in [0.15, 0.2) is 12.7 Å². The average Bonchev–Trinajstić information content (AvgIpc) is 3.22. The summed E-state index contributed by atoms with van der Waals surface area (Å²) < 4.78 is 5.42. The van der Waals surface area contributed by atoms with Crippen LogP contribution in [0.4, 0.5) is 0 Å². The van der Waals surface area contributed by atoms with Crippen LogP contribution in [0.25, 0.3) is 0 Å². The molecule has 1 aliphatic rings. The Hall–Kier alpha value is -1.26. The molecule has 1 aliphatic heterocycles. The molecular weight excluding hydrogens is 252 g/mol. The van der Waals surface area contributed by atoms with E-state index in [2.05, 4.69) is 37.2 Å². The minimum absolute atomic E-state index is 0.146. The first-order valence-electron chi connectivity index (χ1n) is 7.34. The molecule has 0 aromatic carbocycles. The Kier molecular flexibility index (Phi) is 8.07. The van der Waals surface area contributed by atoms with Crippen molar-refractivity contribution >= 4 is 0 Å². The van der Waals surface area contributed by atoms with Gasteiger partial charge in [0, 0.05) is 0 Å². The maximum atomic E-state index is 9.77. The third kappa shape index (κ3) is 6.78. The third-order valence-corrected chi connectivity index (χ3v) is 3.25. The SMILES string of the molecule is C=C[C@H](O)C#CC#C[C@@H](O)[C@H]1O[C@@H]1CCCCCCC. The van der Waals surface area contributed by atoms with Gasteiger partial charge in [0.15, 0.2) is 0 Å². The summed E-state index contributed by atoms with van der Waals surface area (Å²) in [6.07, 6.45) is 6.83. The lowest BCUT2D eigenvalue weighted by molar-refractivity contribution is 0.185. The summed E-state index contributed by atoms with van der Waals surface area (Å²) in [5, 5.41) is 18.9. The van der Waals surface area contributed by atoms with Gasteiger partial charge >= 0.3 is 0 Å². The van der Waals surface area contributed by atoms with Crippen molar-refractivity contribution in [2.45, 2.75) is 69.9 Å². The molecule has 2 N–H and O–H groups in total. The first-order valence-corrected chi connectivity index (χ1v) is 7.34. The fourth-order valence-corrected chi connectivity index (χ4v) is 1.98. The smallest absolute Gasteiger partial charge is 0.144 e. The molecular formula is C17H24O3. The van der Waals surface area contributed by atoms with Crippen molar-refractivity contribution in [3.63, 3.8) is 0 Å². The molecule has 0 aromatic rings. The van der Waals surface area contributed by atoms with Gasteiger partial charge in [-0.25, -0.2) is 0 Å². The highest BCUT2D eigenvalue weighted by Crippen LogP contribution is 2.30. The van der Waals surface area contributed by atoms with Crippen LogP contribution in [-0.4, -0.2) is 34.6 Å². The third-order valence-electron chi connectivity index (χ3n) is 3.25. The fraction of sp³-hybridized carbons (Fsp3) is 0.647. The van der Waals surface area contributed by atoms with E-state index in [1.807, 2.05) is 0 Å². The number of unbranched alkanes of at least 4 members (excludes halogenated alkanes) is 4. The average molecular weight is 276 g/mol. The number of hydrogen-bond donors (Lipinski definition) is 2. The standard InChI is InChI=1S/C17H24O3/c1-3-5-6-7-8-13-16-17(20-16)15(19)12-10-9-11-14(18)4-2/h4,14-19H,2-3,5-8,13H2,1H3/t14-,15+,16+,17+/m0/s1. The van der Waals surface area contributed by atoms with Crippen LogP contribution >= 0.6 is 0 Å². The van der Waals surface area contributed by atoms with Crippen LogP contribution in [-0.2, 0) is 4.74 Å². The predicted molar refractivity (Wildman–Crippen MR) is 79.8 cm³/mol. The van der Waals surface area contributed by atoms with E-state index in [9.17, 15) is 5.11 Å². The molecule has 1 saturated heterocycles. The Morgan fingerprint density at radius 2 is 1.85 bits per heavy atom. The number of hydrogen-bond acceptors (Lipinski definition) is 3. The number of rotatable bonds is 8. The zero-order chi connectivity index (χ0) is 14.8. The molecule has 0 radical (unpaired) electrons. The molecule has 3 nitrogen and oxygen atoms in total. The van der Waals surface area contributed by atoms with Crippen molar-refractivity contribution in [1.82, 2.24) is 0 Å². The minimum Gasteiger partial charge on any atom is -0.377 e. The maximum Gasteiger partial charge on any atom is 0.144 e. The van der Waals surface area contributed by atoms with Gasteiger partial charge in [-0.15, -0.1) is 0 Å². The van der Waals surface area contributed by atoms with Gasteiger partial charge in [-0.1, -0.05) is 63.5 Å². The Morgan fingerprint density at radius 3 is 2.55 bits per heavy atom. The molecule has 1 rings (SSSR count). The molecule has 0 bridgehead atoms. The van der Waals surface area contributed by atoms with Gasteiger partial charge in [0.05, 0.1) is 6.10 Å². The Bertz CT molecular complexity index is 407. The molecule has 110 valence electrons. The van der Waals surface area contributed by atoms with E-state index in [0.717, 1.165) is 12.8 Å². The van der Waals surface area contributed by atoms with Crippen molar-refractivity contribution in [3.05, 3.63) is 12.7 Å². The monoisotopic (exact) mass is 276 g/mol. The number of ether oxygens (including phenoxy) is 1. The molecule has 1 heterocycles. The molecule has 0 spiro atoms. The summed E-state index contributed by atoms with van der Waals surface area (Å²) in [6.45, 7) is 5.60. The van der Waals surface area contributed by atoms with Crippen molar-refractivity contribution < 1.29 is 14.9 Å². The minimum atomic E-state index is -0.866. The molecule has 0 amide bonds. The normalized spacial score (nSPS) is 22.8. The van der Waals surface area contributed by atoms with Gasteiger partial charge in [0.2, 0.25) is 0 Å². The zero-order valence-electron chi connectivity index (χ0n) is 12.1. The summed E-state index contributed by atoms with van der Waals surface area (Å²) in [5.74, 6) is 10.1. The highest BCUT2D eigenvalue weighted by atomic mass is 16.6. The van der Waals surface area contributed by atoms with Gasteiger partial charge in [-0.3, -0.25) is 0 Å². The highest BCUT2D eigenvalue weighted by molar-refractivity contribution is 5.30. The van der Waals surface area contributed by atoms with Gasteiger partial charge in [-0.05, 0) is 18.3 Å². The summed E-state index contributed by atoms with van der Waals surface area (Å²) in [6, 6.07) is 0. The van der Waals surface area contributed by atoms with Crippen molar-refractivity contribution in [3.8, 4) is 23.7 Å². The van der Waals surface area contributed by atoms with Crippen LogP contribution in [0.3, 0.4) is 0 Å². The van der Waals surface area contributed by atoms with E-state index in [4.69, 9.17) is 9.84 Å². The molecule has 3 heteroatoms. The van der Waals surface area contributed by atoms with E-state index >= 15 is 0 Å². The second-order valence-corrected chi connectivity index (χ2v) is 5.01. The molecule has 20 heavy (non-hydrogen) atoms. The van der Waals surface area contributed by atoms with E-state index in [-0.39, 0.29) is 12.2 Å². The first kappa shape index (κ1) is 16.8. The predicted octanol–water partition coefficient (Wildman–Crippen LogP) is 2.03. The topological polar surface area (TPSA) is 53.0 Å². The van der Waals surface area contributed by atoms with E-state index in [0.29, 0.717) is 0 Å². The molecule has 4 atom stereocenters. The molecule has 1 fully saturated rings. The lowest BCUT2D eigenvalue weighted by Crippen LogP contribution is -2.14. The second-order valence-electron chi connectivity index (χ2n) is 5.01. The van der Waals surface area contributed by atoms with E-state index in [1.165, 1.54) is 31.8 Å². The largest absolute Gasteiger partial charge is 0.377 e. The molecule has 0 aromatic heterocycles. The van der Waals surface area contributed by atoms with Crippen LogP contribution in [0.2, 0.25) is 0 Å². The summed E-state index contributed by atoms with van der Waals surface area (Å²) in [5.41, 5.74) is 0. The molecule has 0 unspecified atom stereocenters. The Balaban J connectivity index is 2.17. The zero-order valence-corrected chi connectivity index (χ0v) is 12.1. The number of epoxide rings is 1. The number of aliphatic hydroxyl groups is 2. The van der Waals surface area contributed by atoms with E-state index < -0.39 is 12.2 Å². The van der Waals surface area contributed by atoms with Crippen molar-refractivity contribution in [2.75, 3.05) is 0 Å². The van der Waals surface area contributed by atoms with Crippen molar-refractivity contribution in [2.24, 2.45) is 0 Å². The van der Waals surface area contributed by atoms with Crippen LogP contribution < -0.4 is 0 Å². The second kappa shape index (κ2) is 9.61. The Labute approximate surface area is 122 Å². The lowest BCUT2D eigenvalue weighted by Gasteiger charge is -1.98. The first-order chi connectivity index (χ1) is 9.69. The molecule has 0 saturated carbocycles. The van der Waals surface area contributed by atoms with Gasteiger partial charge in [0.1, 0.15) is 18.3 Å². The lowest BCUT2D eigenvalue weighted by atomic mass is 10.1. The van der Waals surface area contributed by atoms with Crippen LogP contribution in [0, 0.1) is 23.7 Å². The van der Waals surface area contributed by atoms with Gasteiger partial charge in [-0.2, -0.15) is 0 Å². The maximum absolute atomic E-state index is 9.77. The summed E-state index contributed by atoms with van der Waals surface area (Å²) >= 11 is 0. The highest BCUT2D eigenvalue weighted by Gasteiger charge is 2.42. The summed E-state index contributed by atoms with van der Waals surface area (Å²) in [4.78, 5) is 0. The van der Waals surface area contributed by atoms with E-state index in [1.54, 1.807) is 0 Å². The quantitative estimate of drug-likeness (QED) is 0.309. The van der Waals surface area contributed by atoms with Crippen LogP contribution in [0.5, 0.6) is 0 Å². The van der Waals surface area contributed by atoms with Crippen molar-refractivity contribution in [1.29, 1.82) is 0 Å². The number of aliphatic hydroxyl groups excluding tert-OH is 2. The summed E-state index contributed by atoms with van der Waals surface area (Å²) in [7, 11) is 0. The Morgan fingerprint density at radius 1 is 1.15 bits per heavy atom. The fourth-order valence-electron chi connectivity index (χ4n) is 1.98.